The Morgan fingerprint density at radius 3 is 2.94 bits per heavy atom. The lowest BCUT2D eigenvalue weighted by atomic mass is 9.99. The van der Waals surface area contributed by atoms with Gasteiger partial charge in [0.2, 0.25) is 11.7 Å². The fraction of sp³-hybridized carbons (Fsp3) is 0.556. The van der Waals surface area contributed by atoms with Gasteiger partial charge in [0.25, 0.3) is 0 Å². The first-order valence-corrected chi connectivity index (χ1v) is 5.17. The number of hydrogen-bond donors (Lipinski definition) is 2. The van der Waals surface area contributed by atoms with E-state index < -0.39 is 0 Å². The Hall–Kier alpha value is -1.76. The smallest absolute Gasteiger partial charge is 0.239 e. The van der Waals surface area contributed by atoms with Crippen molar-refractivity contribution >= 4 is 0 Å². The zero-order valence-electron chi connectivity index (χ0n) is 9.21. The van der Waals surface area contributed by atoms with Crippen LogP contribution in [0.15, 0.2) is 10.9 Å². The summed E-state index contributed by atoms with van der Waals surface area (Å²) in [7, 11) is 0. The summed E-state index contributed by atoms with van der Waals surface area (Å²) in [6.45, 7) is 3.96. The summed E-state index contributed by atoms with van der Waals surface area (Å²) >= 11 is 0. The van der Waals surface area contributed by atoms with E-state index in [2.05, 4.69) is 25.3 Å². The van der Waals surface area contributed by atoms with E-state index in [0.717, 1.165) is 6.42 Å². The average molecular weight is 222 g/mol. The molecule has 2 atom stereocenters. The lowest BCUT2D eigenvalue weighted by molar-refractivity contribution is 0.334. The monoisotopic (exact) mass is 222 g/mol. The lowest BCUT2D eigenvalue weighted by Crippen LogP contribution is -2.24. The molecule has 0 aromatic carbocycles. The maximum atomic E-state index is 5.84. The normalized spacial score (nSPS) is 14.9. The second-order valence-electron chi connectivity index (χ2n) is 3.66. The van der Waals surface area contributed by atoms with Gasteiger partial charge in [-0.1, -0.05) is 12.1 Å². The molecular weight excluding hydrogens is 208 g/mol. The number of nitrogens with two attached hydrogens (primary N) is 1. The fourth-order valence-electron chi connectivity index (χ4n) is 1.57. The molecule has 0 aliphatic rings. The van der Waals surface area contributed by atoms with Gasteiger partial charge < -0.3 is 10.3 Å². The quantitative estimate of drug-likeness (QED) is 0.788. The molecule has 16 heavy (non-hydrogen) atoms. The van der Waals surface area contributed by atoms with Crippen molar-refractivity contribution in [3.8, 4) is 11.6 Å². The van der Waals surface area contributed by atoms with Crippen LogP contribution in [0.5, 0.6) is 0 Å². The van der Waals surface area contributed by atoms with Crippen molar-refractivity contribution in [3.05, 3.63) is 12.2 Å². The molecule has 2 heterocycles. The third-order valence-electron chi connectivity index (χ3n) is 2.46. The molecule has 2 rings (SSSR count). The Balaban J connectivity index is 2.25. The average Bonchev–Trinajstić information content (AvgIpc) is 2.86. The molecule has 0 aliphatic heterocycles. The Morgan fingerprint density at radius 1 is 1.56 bits per heavy atom. The van der Waals surface area contributed by atoms with Crippen molar-refractivity contribution in [1.29, 1.82) is 0 Å². The molecule has 0 amide bonds. The molecule has 0 radical (unpaired) electrons. The summed E-state index contributed by atoms with van der Waals surface area (Å²) < 4.78 is 5.17. The summed E-state index contributed by atoms with van der Waals surface area (Å²) in [5.74, 6) is 1.52. The first-order chi connectivity index (χ1) is 7.72. The van der Waals surface area contributed by atoms with Crippen molar-refractivity contribution in [2.45, 2.75) is 32.2 Å². The highest BCUT2D eigenvalue weighted by Gasteiger charge is 2.22. The van der Waals surface area contributed by atoms with Gasteiger partial charge in [0, 0.05) is 6.04 Å². The van der Waals surface area contributed by atoms with E-state index >= 15 is 0 Å². The minimum Gasteiger partial charge on any atom is -0.338 e. The molecular formula is C9H14N6O. The van der Waals surface area contributed by atoms with Crippen LogP contribution in [0.4, 0.5) is 0 Å². The largest absolute Gasteiger partial charge is 0.338 e. The minimum atomic E-state index is -0.0203. The minimum absolute atomic E-state index is 0.0203. The van der Waals surface area contributed by atoms with Gasteiger partial charge in [-0.2, -0.15) is 10.1 Å². The van der Waals surface area contributed by atoms with E-state index in [4.69, 9.17) is 10.3 Å². The summed E-state index contributed by atoms with van der Waals surface area (Å²) in [4.78, 5) is 8.20. The van der Waals surface area contributed by atoms with Crippen LogP contribution in [0.3, 0.4) is 0 Å². The molecule has 0 fully saturated rings. The second kappa shape index (κ2) is 4.40. The van der Waals surface area contributed by atoms with E-state index in [9.17, 15) is 0 Å². The zero-order valence-corrected chi connectivity index (χ0v) is 9.21. The molecule has 2 unspecified atom stereocenters. The van der Waals surface area contributed by atoms with Gasteiger partial charge in [0.15, 0.2) is 5.82 Å². The maximum absolute atomic E-state index is 5.84. The van der Waals surface area contributed by atoms with Gasteiger partial charge in [0.1, 0.15) is 6.33 Å². The highest BCUT2D eigenvalue weighted by Crippen LogP contribution is 2.22. The molecule has 7 heteroatoms. The fourth-order valence-corrected chi connectivity index (χ4v) is 1.57. The molecule has 0 bridgehead atoms. The standard InChI is InChI=1S/C9H14N6O/c1-3-6(5(2)10)9-13-8(15-16-9)7-11-4-12-14-7/h4-6H,3,10H2,1-2H3,(H,11,12,14). The number of nitrogens with one attached hydrogen (secondary N) is 1. The van der Waals surface area contributed by atoms with E-state index in [1.165, 1.54) is 6.33 Å². The van der Waals surface area contributed by atoms with E-state index in [1.54, 1.807) is 0 Å². The van der Waals surface area contributed by atoms with Crippen LogP contribution in [0.2, 0.25) is 0 Å². The third-order valence-corrected chi connectivity index (χ3v) is 2.46. The Bertz CT molecular complexity index is 435. The first-order valence-electron chi connectivity index (χ1n) is 5.17. The van der Waals surface area contributed by atoms with Crippen molar-refractivity contribution in [3.63, 3.8) is 0 Å². The summed E-state index contributed by atoms with van der Waals surface area (Å²) in [6.07, 6.45) is 2.25. The van der Waals surface area contributed by atoms with Crippen LogP contribution >= 0.6 is 0 Å². The van der Waals surface area contributed by atoms with Gasteiger partial charge in [-0.25, -0.2) is 4.98 Å². The van der Waals surface area contributed by atoms with Crippen molar-refractivity contribution < 1.29 is 4.52 Å². The van der Waals surface area contributed by atoms with Crippen LogP contribution in [-0.2, 0) is 0 Å². The molecule has 7 nitrogen and oxygen atoms in total. The SMILES string of the molecule is CCC(c1nc(-c2ncn[nH]2)no1)C(C)N. The van der Waals surface area contributed by atoms with Crippen LogP contribution < -0.4 is 5.73 Å². The predicted molar refractivity (Wildman–Crippen MR) is 56.4 cm³/mol. The maximum Gasteiger partial charge on any atom is 0.239 e. The van der Waals surface area contributed by atoms with Crippen molar-refractivity contribution in [1.82, 2.24) is 25.3 Å². The Morgan fingerprint density at radius 2 is 2.38 bits per heavy atom. The predicted octanol–water partition coefficient (Wildman–Crippen LogP) is 0.696. The van der Waals surface area contributed by atoms with Gasteiger partial charge in [0.05, 0.1) is 5.92 Å². The van der Waals surface area contributed by atoms with Gasteiger partial charge in [-0.3, -0.25) is 5.10 Å². The van der Waals surface area contributed by atoms with E-state index in [0.29, 0.717) is 17.5 Å². The number of aromatic nitrogens is 5. The number of nitrogens with zero attached hydrogens (tertiary/aromatic N) is 4. The zero-order chi connectivity index (χ0) is 11.5. The van der Waals surface area contributed by atoms with Gasteiger partial charge in [-0.15, -0.1) is 0 Å². The number of rotatable bonds is 4. The number of H-pyrrole nitrogens is 1. The Labute approximate surface area is 92.5 Å². The molecule has 2 aromatic heterocycles. The summed E-state index contributed by atoms with van der Waals surface area (Å²) in [5, 5.41) is 10.2. The van der Waals surface area contributed by atoms with Crippen LogP contribution in [0, 0.1) is 0 Å². The molecule has 0 spiro atoms. The van der Waals surface area contributed by atoms with Crippen molar-refractivity contribution in [2.24, 2.45) is 5.73 Å². The van der Waals surface area contributed by atoms with Crippen LogP contribution in [-0.4, -0.2) is 31.4 Å². The van der Waals surface area contributed by atoms with Gasteiger partial charge in [-0.05, 0) is 13.3 Å². The molecule has 2 aromatic rings. The van der Waals surface area contributed by atoms with Crippen LogP contribution in [0.25, 0.3) is 11.6 Å². The molecule has 3 N–H and O–H groups in total. The number of hydrogen-bond acceptors (Lipinski definition) is 6. The third kappa shape index (κ3) is 1.94. The van der Waals surface area contributed by atoms with E-state index in [-0.39, 0.29) is 12.0 Å². The lowest BCUT2D eigenvalue weighted by Gasteiger charge is -2.13. The van der Waals surface area contributed by atoms with Crippen LogP contribution in [0.1, 0.15) is 32.1 Å². The van der Waals surface area contributed by atoms with Crippen molar-refractivity contribution in [2.75, 3.05) is 0 Å². The molecule has 0 saturated carbocycles. The number of aromatic amines is 1. The Kier molecular flexibility index (Phi) is 2.95. The van der Waals surface area contributed by atoms with Gasteiger partial charge >= 0.3 is 0 Å². The highest BCUT2D eigenvalue weighted by atomic mass is 16.5. The molecule has 0 saturated heterocycles. The summed E-state index contributed by atoms with van der Waals surface area (Å²) in [5.41, 5.74) is 5.84. The highest BCUT2D eigenvalue weighted by molar-refractivity contribution is 5.39. The van der Waals surface area contributed by atoms with E-state index in [1.807, 2.05) is 13.8 Å². The topological polar surface area (TPSA) is 107 Å². The molecule has 0 aliphatic carbocycles. The molecule has 86 valence electrons. The first kappa shape index (κ1) is 10.7. The summed E-state index contributed by atoms with van der Waals surface area (Å²) in [6, 6.07) is -0.0203. The second-order valence-corrected chi connectivity index (χ2v) is 3.66.